The number of piperidine rings is 1. The number of imidazole rings is 1. The largest absolute Gasteiger partial charge is 0.393 e. The Kier molecular flexibility index (Phi) is 9.00. The second kappa shape index (κ2) is 12.7. The van der Waals surface area contributed by atoms with Crippen LogP contribution >= 0.6 is 0 Å². The van der Waals surface area contributed by atoms with Gasteiger partial charge in [0.2, 0.25) is 11.8 Å². The normalized spacial score (nSPS) is 26.2. The van der Waals surface area contributed by atoms with Crippen molar-refractivity contribution in [1.82, 2.24) is 40.0 Å². The molecule has 4 atom stereocenters. The molecule has 3 aromatic heterocycles. The lowest BCUT2D eigenvalue weighted by molar-refractivity contribution is -0.183. The first-order valence-electron chi connectivity index (χ1n) is 16.2. The number of nitrogens with one attached hydrogen (secondary N) is 2. The van der Waals surface area contributed by atoms with Crippen molar-refractivity contribution in [1.29, 1.82) is 0 Å². The number of carbonyl (C=O) groups is 2. The van der Waals surface area contributed by atoms with Crippen LogP contribution in [0.5, 0.6) is 0 Å². The topological polar surface area (TPSA) is 128 Å². The maximum absolute atomic E-state index is 14.2. The molecule has 2 amide bonds. The van der Waals surface area contributed by atoms with E-state index in [-0.39, 0.29) is 50.2 Å². The summed E-state index contributed by atoms with van der Waals surface area (Å²) in [5.41, 5.74) is 0.910. The third-order valence-electron chi connectivity index (χ3n) is 9.86. The van der Waals surface area contributed by atoms with E-state index >= 15 is 0 Å². The molecular formula is C31H39F5N8O3. The van der Waals surface area contributed by atoms with Crippen molar-refractivity contribution in [3.05, 3.63) is 41.2 Å². The molecule has 256 valence electrons. The van der Waals surface area contributed by atoms with Gasteiger partial charge in [0.1, 0.15) is 5.69 Å². The highest BCUT2D eigenvalue weighted by Crippen LogP contribution is 2.42. The fraction of sp³-hybridized carbons (Fsp3) is 0.677. The number of fused-ring (bicyclic) bond motifs is 1. The predicted molar refractivity (Wildman–Crippen MR) is 158 cm³/mol. The predicted octanol–water partition coefficient (Wildman–Crippen LogP) is 4.56. The molecule has 16 heteroatoms. The number of nitrogens with zero attached hydrogens (tertiary/aromatic N) is 6. The first-order valence-corrected chi connectivity index (χ1v) is 16.2. The third kappa shape index (κ3) is 6.97. The van der Waals surface area contributed by atoms with Crippen LogP contribution in [-0.2, 0) is 27.9 Å². The summed E-state index contributed by atoms with van der Waals surface area (Å²) in [6.07, 6.45) is -0.733. The molecule has 0 radical (unpaired) electrons. The van der Waals surface area contributed by atoms with Crippen LogP contribution in [0.15, 0.2) is 18.5 Å². The molecule has 2 N–H and O–H groups in total. The van der Waals surface area contributed by atoms with E-state index in [9.17, 15) is 31.5 Å². The third-order valence-corrected chi connectivity index (χ3v) is 9.86. The van der Waals surface area contributed by atoms with Crippen LogP contribution in [0.2, 0.25) is 0 Å². The smallest absolute Gasteiger partial charge is 0.380 e. The summed E-state index contributed by atoms with van der Waals surface area (Å²) in [7, 11) is 0. The number of alkyl halides is 5. The molecule has 0 bridgehead atoms. The van der Waals surface area contributed by atoms with Crippen molar-refractivity contribution in [2.24, 2.45) is 17.8 Å². The fourth-order valence-electron chi connectivity index (χ4n) is 7.14. The van der Waals surface area contributed by atoms with Gasteiger partial charge < -0.3 is 15.4 Å². The average molecular weight is 667 g/mol. The summed E-state index contributed by atoms with van der Waals surface area (Å²) < 4.78 is 77.9. The monoisotopic (exact) mass is 666 g/mol. The molecule has 1 saturated carbocycles. The van der Waals surface area contributed by atoms with Crippen molar-refractivity contribution >= 4 is 17.6 Å². The van der Waals surface area contributed by atoms with Gasteiger partial charge in [-0.05, 0) is 51.0 Å². The van der Waals surface area contributed by atoms with Crippen LogP contribution in [-0.4, -0.2) is 73.0 Å². The highest BCUT2D eigenvalue weighted by molar-refractivity contribution is 5.92. The van der Waals surface area contributed by atoms with Gasteiger partial charge in [0.25, 0.3) is 11.7 Å². The molecule has 3 fully saturated rings. The van der Waals surface area contributed by atoms with Crippen LogP contribution in [0.3, 0.4) is 0 Å². The quantitative estimate of drug-likeness (QED) is 0.338. The van der Waals surface area contributed by atoms with E-state index in [4.69, 9.17) is 19.8 Å². The zero-order valence-corrected chi connectivity index (χ0v) is 26.3. The zero-order valence-electron chi connectivity index (χ0n) is 26.3. The second-order valence-corrected chi connectivity index (χ2v) is 13.3. The van der Waals surface area contributed by atoms with Crippen molar-refractivity contribution in [2.75, 3.05) is 19.8 Å². The minimum atomic E-state index is -4.45. The first-order chi connectivity index (χ1) is 22.3. The Morgan fingerprint density at radius 1 is 1.21 bits per heavy atom. The summed E-state index contributed by atoms with van der Waals surface area (Å²) >= 11 is 0. The first kappa shape index (κ1) is 33.2. The Morgan fingerprint density at radius 3 is 2.66 bits per heavy atom. The van der Waals surface area contributed by atoms with Gasteiger partial charge in [-0.2, -0.15) is 23.4 Å². The Hall–Kier alpha value is -3.69. The maximum atomic E-state index is 14.2. The molecular weight excluding hydrogens is 627 g/mol. The number of aryl methyl sites for hydroxylation is 1. The Bertz CT molecular complexity index is 1610. The molecule has 11 nitrogen and oxygen atoms in total. The number of rotatable bonds is 8. The van der Waals surface area contributed by atoms with Gasteiger partial charge >= 0.3 is 6.18 Å². The van der Waals surface area contributed by atoms with E-state index in [0.717, 1.165) is 6.42 Å². The molecule has 0 spiro atoms. The minimum absolute atomic E-state index is 0.0708. The van der Waals surface area contributed by atoms with E-state index < -0.39 is 53.8 Å². The Balaban J connectivity index is 1.38. The van der Waals surface area contributed by atoms with Gasteiger partial charge in [-0.25, -0.2) is 23.3 Å². The van der Waals surface area contributed by atoms with Crippen LogP contribution < -0.4 is 10.6 Å². The molecule has 0 aromatic carbocycles. The Morgan fingerprint density at radius 2 is 1.98 bits per heavy atom. The number of hydrogen-bond donors (Lipinski definition) is 2. The number of halogens is 5. The Labute approximate surface area is 268 Å². The summed E-state index contributed by atoms with van der Waals surface area (Å²) in [6, 6.07) is 0.827. The average Bonchev–Trinajstić information content (AvgIpc) is 3.67. The number of aromatic nitrogens is 6. The van der Waals surface area contributed by atoms with Gasteiger partial charge in [0.05, 0.1) is 41.8 Å². The number of carbonyl (C=O) groups excluding carboxylic acids is 2. The zero-order chi connectivity index (χ0) is 33.6. The molecule has 1 aliphatic carbocycles. The van der Waals surface area contributed by atoms with Gasteiger partial charge in [-0.15, -0.1) is 0 Å². The van der Waals surface area contributed by atoms with Gasteiger partial charge in [-0.3, -0.25) is 14.3 Å². The fourth-order valence-corrected chi connectivity index (χ4v) is 7.14. The van der Waals surface area contributed by atoms with Gasteiger partial charge in [-0.1, -0.05) is 6.92 Å². The summed E-state index contributed by atoms with van der Waals surface area (Å²) in [5, 5.41) is 14.3. The van der Waals surface area contributed by atoms with Crippen molar-refractivity contribution < 1.29 is 36.3 Å². The lowest BCUT2D eigenvalue weighted by Gasteiger charge is -2.35. The maximum Gasteiger partial charge on any atom is 0.393 e. The summed E-state index contributed by atoms with van der Waals surface area (Å²) in [5.74, 6) is -6.50. The molecule has 6 rings (SSSR count). The van der Waals surface area contributed by atoms with Crippen LogP contribution in [0, 0.1) is 17.8 Å². The second-order valence-electron chi connectivity index (χ2n) is 13.3. The standard InChI is InChI=1S/C31H39F5N8O3/c1-3-43-23(7-11-38-43)27(46)40-24(18-5-9-30(32,33)10-6-18)22-16-44-28(39-22)41-25(29(2)8-4-12-47-17-29)21(42-44)14-19-13-20(31(34,35)36)15-37-26(19)45/h7,11,16,18-20,24H,3-6,8-10,12-15,17H2,1-2H3,(H,37,45)(H,40,46)/t19-,20-,24+,29?/m1/s1. The SMILES string of the molecule is CCn1nccc1C(=O)N[C@H](c1cn2nc(C[C@H]3C[C@@H](C(F)(F)F)CNC3=O)c(C3(C)CCCOC3)nc2n1)C1CCC(F)(F)CC1. The van der Waals surface area contributed by atoms with Crippen LogP contribution in [0.25, 0.3) is 5.78 Å². The number of ether oxygens (including phenoxy) is 1. The van der Waals surface area contributed by atoms with Crippen LogP contribution in [0.1, 0.15) is 92.4 Å². The van der Waals surface area contributed by atoms with E-state index in [2.05, 4.69) is 15.7 Å². The van der Waals surface area contributed by atoms with Crippen molar-refractivity contribution in [3.63, 3.8) is 0 Å². The summed E-state index contributed by atoms with van der Waals surface area (Å²) in [6.45, 7) is 4.64. The lowest BCUT2D eigenvalue weighted by atomic mass is 9.78. The minimum Gasteiger partial charge on any atom is -0.380 e. The molecule has 47 heavy (non-hydrogen) atoms. The molecule has 5 heterocycles. The van der Waals surface area contributed by atoms with Gasteiger partial charge in [0, 0.05) is 56.5 Å². The number of amides is 2. The van der Waals surface area contributed by atoms with E-state index in [1.807, 2.05) is 13.8 Å². The van der Waals surface area contributed by atoms with E-state index in [1.165, 1.54) is 15.4 Å². The summed E-state index contributed by atoms with van der Waals surface area (Å²) in [4.78, 5) is 35.8. The van der Waals surface area contributed by atoms with Crippen molar-refractivity contribution in [2.45, 2.75) is 95.3 Å². The van der Waals surface area contributed by atoms with Gasteiger partial charge in [0.15, 0.2) is 0 Å². The molecule has 2 saturated heterocycles. The lowest BCUT2D eigenvalue weighted by Crippen LogP contribution is -2.47. The van der Waals surface area contributed by atoms with E-state index in [0.29, 0.717) is 49.0 Å². The molecule has 3 aromatic rings. The van der Waals surface area contributed by atoms with Crippen LogP contribution in [0.4, 0.5) is 22.0 Å². The molecule has 2 aliphatic heterocycles. The van der Waals surface area contributed by atoms with E-state index in [1.54, 1.807) is 12.3 Å². The highest BCUT2D eigenvalue weighted by Gasteiger charge is 2.46. The molecule has 1 unspecified atom stereocenters. The number of hydrogen-bond acceptors (Lipinski definition) is 7. The highest BCUT2D eigenvalue weighted by atomic mass is 19.4. The molecule has 3 aliphatic rings. The van der Waals surface area contributed by atoms with Crippen molar-refractivity contribution in [3.8, 4) is 0 Å².